The van der Waals surface area contributed by atoms with Crippen LogP contribution in [0.25, 0.3) is 11.0 Å². The molecule has 0 aliphatic rings. The van der Waals surface area contributed by atoms with Crippen molar-refractivity contribution in [3.63, 3.8) is 0 Å². The van der Waals surface area contributed by atoms with Gasteiger partial charge in [0.1, 0.15) is 17.4 Å². The lowest BCUT2D eigenvalue weighted by Crippen LogP contribution is -2.13. The van der Waals surface area contributed by atoms with Crippen LogP contribution in [0.4, 0.5) is 0 Å². The number of hydrogen-bond donors (Lipinski definition) is 0. The molecule has 0 aliphatic carbocycles. The van der Waals surface area contributed by atoms with Crippen LogP contribution in [0, 0.1) is 11.3 Å². The Morgan fingerprint density at radius 2 is 2.25 bits per heavy atom. The fourth-order valence-corrected chi connectivity index (χ4v) is 2.36. The molecule has 1 aromatic carbocycles. The Balaban J connectivity index is 2.39. The number of ether oxygens (including phenoxy) is 1. The van der Waals surface area contributed by atoms with Gasteiger partial charge in [0.25, 0.3) is 0 Å². The second-order valence-corrected chi connectivity index (χ2v) is 5.20. The Morgan fingerprint density at radius 3 is 2.90 bits per heavy atom. The topological polar surface area (TPSA) is 50.8 Å². The Kier molecular flexibility index (Phi) is 4.99. The van der Waals surface area contributed by atoms with Gasteiger partial charge < -0.3 is 9.30 Å². The molecule has 0 saturated carbocycles. The van der Waals surface area contributed by atoms with Crippen LogP contribution in [0.5, 0.6) is 0 Å². The average Bonchev–Trinajstić information content (AvgIpc) is 2.77. The zero-order valence-electron chi connectivity index (χ0n) is 11.8. The van der Waals surface area contributed by atoms with Crippen LogP contribution in [-0.4, -0.2) is 28.1 Å². The second-order valence-electron chi connectivity index (χ2n) is 4.82. The third kappa shape index (κ3) is 3.12. The summed E-state index contributed by atoms with van der Waals surface area (Å²) in [5, 5.41) is 9.16. The minimum absolute atomic E-state index is 0.205. The molecule has 0 unspecified atom stereocenters. The number of nitriles is 1. The number of aryl methyl sites for hydroxylation is 1. The van der Waals surface area contributed by atoms with Gasteiger partial charge in [-0.2, -0.15) is 5.26 Å². The number of halogens is 1. The molecule has 1 aromatic heterocycles. The summed E-state index contributed by atoms with van der Waals surface area (Å²) in [5.74, 6) is 1.42. The van der Waals surface area contributed by atoms with Crippen molar-refractivity contribution in [1.82, 2.24) is 9.55 Å². The van der Waals surface area contributed by atoms with Crippen molar-refractivity contribution in [1.29, 1.82) is 5.26 Å². The van der Waals surface area contributed by atoms with E-state index in [1.54, 1.807) is 6.07 Å². The third-order valence-corrected chi connectivity index (χ3v) is 3.25. The van der Waals surface area contributed by atoms with E-state index in [0.717, 1.165) is 23.4 Å². The van der Waals surface area contributed by atoms with Crippen molar-refractivity contribution in [2.24, 2.45) is 0 Å². The Morgan fingerprint density at radius 1 is 1.45 bits per heavy atom. The summed E-state index contributed by atoms with van der Waals surface area (Å²) in [6.45, 7) is 5.37. The largest absolute Gasteiger partial charge is 0.377 e. The average molecular weight is 292 g/mol. The van der Waals surface area contributed by atoms with Gasteiger partial charge in [0.15, 0.2) is 0 Å². The number of fused-ring (bicyclic) bond motifs is 1. The Bertz CT molecular complexity index is 628. The van der Waals surface area contributed by atoms with E-state index < -0.39 is 0 Å². The first kappa shape index (κ1) is 14.8. The van der Waals surface area contributed by atoms with Crippen molar-refractivity contribution < 1.29 is 4.74 Å². The molecular weight excluding hydrogens is 274 g/mol. The Labute approximate surface area is 123 Å². The van der Waals surface area contributed by atoms with Gasteiger partial charge in [-0.25, -0.2) is 4.98 Å². The first-order valence-electron chi connectivity index (χ1n) is 6.73. The van der Waals surface area contributed by atoms with Crippen molar-refractivity contribution >= 4 is 22.6 Å². The first-order chi connectivity index (χ1) is 9.67. The first-order valence-corrected chi connectivity index (χ1v) is 7.26. The molecule has 2 rings (SSSR count). The predicted octanol–water partition coefficient (Wildman–Crippen LogP) is 3.11. The minimum Gasteiger partial charge on any atom is -0.377 e. The van der Waals surface area contributed by atoms with Crippen LogP contribution in [-0.2, 0) is 17.7 Å². The summed E-state index contributed by atoms with van der Waals surface area (Å²) in [5.41, 5.74) is 2.32. The zero-order valence-corrected chi connectivity index (χ0v) is 12.5. The number of hydrogen-bond acceptors (Lipinski definition) is 3. The normalized spacial score (nSPS) is 11.2. The number of alkyl halides is 1. The third-order valence-electron chi connectivity index (χ3n) is 3.06. The minimum atomic E-state index is 0.205. The number of para-hydroxylation sites is 1. The number of aromatic nitrogens is 2. The molecule has 0 saturated heterocycles. The molecule has 0 N–H and O–H groups in total. The summed E-state index contributed by atoms with van der Waals surface area (Å²) in [6, 6.07) is 7.84. The number of imidazole rings is 1. The van der Waals surface area contributed by atoms with Gasteiger partial charge in [-0.15, -0.1) is 11.6 Å². The number of rotatable bonds is 6. The lowest BCUT2D eigenvalue weighted by molar-refractivity contribution is 0.0729. The summed E-state index contributed by atoms with van der Waals surface area (Å²) in [4.78, 5) is 4.57. The molecule has 1 heterocycles. The van der Waals surface area contributed by atoms with E-state index in [-0.39, 0.29) is 6.10 Å². The van der Waals surface area contributed by atoms with Gasteiger partial charge in [0.2, 0.25) is 0 Å². The highest BCUT2D eigenvalue weighted by Gasteiger charge is 2.13. The van der Waals surface area contributed by atoms with Crippen LogP contribution >= 0.6 is 11.6 Å². The van der Waals surface area contributed by atoms with E-state index in [9.17, 15) is 0 Å². The molecule has 0 radical (unpaired) electrons. The van der Waals surface area contributed by atoms with E-state index in [1.165, 1.54) is 0 Å². The molecule has 0 amide bonds. The van der Waals surface area contributed by atoms with E-state index in [2.05, 4.69) is 15.6 Å². The molecule has 0 spiro atoms. The maximum atomic E-state index is 9.16. The summed E-state index contributed by atoms with van der Waals surface area (Å²) in [6.07, 6.45) is 0.888. The monoisotopic (exact) mass is 291 g/mol. The zero-order chi connectivity index (χ0) is 14.5. The molecule has 0 aliphatic heterocycles. The van der Waals surface area contributed by atoms with Crippen LogP contribution in [0.15, 0.2) is 18.2 Å². The maximum absolute atomic E-state index is 9.16. The van der Waals surface area contributed by atoms with Gasteiger partial charge in [-0.3, -0.25) is 0 Å². The second kappa shape index (κ2) is 6.74. The van der Waals surface area contributed by atoms with Crippen molar-refractivity contribution in [3.05, 3.63) is 29.6 Å². The molecule has 106 valence electrons. The summed E-state index contributed by atoms with van der Waals surface area (Å²) >= 11 is 5.84. The SMILES string of the molecule is CC(C)OCCn1c(CCCl)nc2c(C#N)cccc21. The van der Waals surface area contributed by atoms with Crippen molar-refractivity contribution in [2.75, 3.05) is 12.5 Å². The standard InChI is InChI=1S/C15H18ClN3O/c1-11(2)20-9-8-19-13-5-3-4-12(10-17)15(13)18-14(19)6-7-16/h3-5,11H,6-9H2,1-2H3. The lowest BCUT2D eigenvalue weighted by Gasteiger charge is -2.11. The number of nitrogens with zero attached hydrogens (tertiary/aromatic N) is 3. The van der Waals surface area contributed by atoms with Gasteiger partial charge in [0.05, 0.1) is 23.8 Å². The molecule has 0 fully saturated rings. The van der Waals surface area contributed by atoms with E-state index in [0.29, 0.717) is 24.5 Å². The highest BCUT2D eigenvalue weighted by atomic mass is 35.5. The van der Waals surface area contributed by atoms with Crippen LogP contribution < -0.4 is 0 Å². The highest BCUT2D eigenvalue weighted by Crippen LogP contribution is 2.20. The molecule has 0 bridgehead atoms. The molecule has 20 heavy (non-hydrogen) atoms. The van der Waals surface area contributed by atoms with Gasteiger partial charge in [0, 0.05) is 18.8 Å². The molecule has 5 heteroatoms. The van der Waals surface area contributed by atoms with E-state index in [1.807, 2.05) is 26.0 Å². The van der Waals surface area contributed by atoms with E-state index in [4.69, 9.17) is 21.6 Å². The van der Waals surface area contributed by atoms with E-state index >= 15 is 0 Å². The highest BCUT2D eigenvalue weighted by molar-refractivity contribution is 6.17. The lowest BCUT2D eigenvalue weighted by atomic mass is 10.2. The molecule has 4 nitrogen and oxygen atoms in total. The molecular formula is C15H18ClN3O. The predicted molar refractivity (Wildman–Crippen MR) is 80.0 cm³/mol. The molecule has 2 aromatic rings. The van der Waals surface area contributed by atoms with Crippen LogP contribution in [0.3, 0.4) is 0 Å². The maximum Gasteiger partial charge on any atom is 0.111 e. The fraction of sp³-hybridized carbons (Fsp3) is 0.467. The van der Waals surface area contributed by atoms with Crippen molar-refractivity contribution in [3.8, 4) is 6.07 Å². The van der Waals surface area contributed by atoms with Crippen LogP contribution in [0.1, 0.15) is 25.2 Å². The van der Waals surface area contributed by atoms with Gasteiger partial charge in [-0.05, 0) is 26.0 Å². The Hall–Kier alpha value is -1.57. The van der Waals surface area contributed by atoms with Gasteiger partial charge >= 0.3 is 0 Å². The summed E-state index contributed by atoms with van der Waals surface area (Å²) in [7, 11) is 0. The molecule has 0 atom stereocenters. The fourth-order valence-electron chi connectivity index (χ4n) is 2.19. The van der Waals surface area contributed by atoms with Crippen LogP contribution in [0.2, 0.25) is 0 Å². The van der Waals surface area contributed by atoms with Gasteiger partial charge in [-0.1, -0.05) is 6.07 Å². The van der Waals surface area contributed by atoms with Crippen molar-refractivity contribution in [2.45, 2.75) is 32.9 Å². The number of benzene rings is 1. The summed E-state index contributed by atoms with van der Waals surface area (Å²) < 4.78 is 7.71. The quantitative estimate of drug-likeness (QED) is 0.768. The smallest absolute Gasteiger partial charge is 0.111 e.